The third kappa shape index (κ3) is 2.97. The smallest absolute Gasteiger partial charge is 0.308 e. The Morgan fingerprint density at radius 1 is 1.31 bits per heavy atom. The van der Waals surface area contributed by atoms with Crippen LogP contribution in [0, 0.1) is 11.8 Å². The summed E-state index contributed by atoms with van der Waals surface area (Å²) in [6.07, 6.45) is 5.59. The molecule has 2 rings (SSSR count). The van der Waals surface area contributed by atoms with Crippen molar-refractivity contribution >= 4 is 5.97 Å². The van der Waals surface area contributed by atoms with Gasteiger partial charge in [-0.3, -0.25) is 4.79 Å². The van der Waals surface area contributed by atoms with Crippen molar-refractivity contribution in [1.82, 2.24) is 5.32 Å². The predicted molar refractivity (Wildman–Crippen MR) is 63.1 cm³/mol. The lowest BCUT2D eigenvalue weighted by atomic mass is 9.86. The van der Waals surface area contributed by atoms with Gasteiger partial charge in [0.2, 0.25) is 0 Å². The molecule has 0 aliphatic heterocycles. The van der Waals surface area contributed by atoms with Gasteiger partial charge in [-0.25, -0.2) is 0 Å². The summed E-state index contributed by atoms with van der Waals surface area (Å²) < 4.78 is 5.07. The van der Waals surface area contributed by atoms with E-state index in [0.29, 0.717) is 12.6 Å². The Balaban J connectivity index is 1.67. The minimum Gasteiger partial charge on any atom is -0.466 e. The zero-order chi connectivity index (χ0) is 11.5. The normalized spacial score (nSPS) is 38.1. The Morgan fingerprint density at radius 3 is 2.44 bits per heavy atom. The van der Waals surface area contributed by atoms with Gasteiger partial charge in [0.15, 0.2) is 0 Å². The third-order valence-electron chi connectivity index (χ3n) is 3.91. The summed E-state index contributed by atoms with van der Waals surface area (Å²) in [6.45, 7) is 4.68. The summed E-state index contributed by atoms with van der Waals surface area (Å²) in [4.78, 5) is 11.5. The standard InChI is InChI=1S/C13H23NO2/c1-3-16-13(15)10-4-6-11(7-5-10)14-12-8-9(12)2/h9-12,14H,3-8H2,1-2H3. The topological polar surface area (TPSA) is 38.3 Å². The van der Waals surface area contributed by atoms with Gasteiger partial charge in [-0.1, -0.05) is 6.92 Å². The fourth-order valence-electron chi connectivity index (χ4n) is 2.61. The van der Waals surface area contributed by atoms with E-state index in [-0.39, 0.29) is 11.9 Å². The molecule has 2 saturated carbocycles. The first kappa shape index (κ1) is 11.9. The van der Waals surface area contributed by atoms with Crippen molar-refractivity contribution in [2.75, 3.05) is 6.61 Å². The van der Waals surface area contributed by atoms with Crippen molar-refractivity contribution in [3.05, 3.63) is 0 Å². The van der Waals surface area contributed by atoms with Crippen LogP contribution in [0.3, 0.4) is 0 Å². The zero-order valence-electron chi connectivity index (χ0n) is 10.4. The van der Waals surface area contributed by atoms with Gasteiger partial charge in [-0.2, -0.15) is 0 Å². The van der Waals surface area contributed by atoms with Gasteiger partial charge in [0.05, 0.1) is 12.5 Å². The van der Waals surface area contributed by atoms with Crippen molar-refractivity contribution in [1.29, 1.82) is 0 Å². The highest BCUT2D eigenvalue weighted by atomic mass is 16.5. The fourth-order valence-corrected chi connectivity index (χ4v) is 2.61. The number of carbonyl (C=O) groups excluding carboxylic acids is 1. The van der Waals surface area contributed by atoms with Crippen LogP contribution < -0.4 is 5.32 Å². The van der Waals surface area contributed by atoms with Crippen LogP contribution in [0.1, 0.15) is 46.0 Å². The van der Waals surface area contributed by atoms with Crippen LogP contribution >= 0.6 is 0 Å². The van der Waals surface area contributed by atoms with Gasteiger partial charge >= 0.3 is 5.97 Å². The molecule has 0 heterocycles. The van der Waals surface area contributed by atoms with Crippen LogP contribution in [0.25, 0.3) is 0 Å². The summed E-state index contributed by atoms with van der Waals surface area (Å²) in [5.74, 6) is 1.04. The van der Waals surface area contributed by atoms with E-state index >= 15 is 0 Å². The number of rotatable bonds is 4. The van der Waals surface area contributed by atoms with E-state index < -0.39 is 0 Å². The van der Waals surface area contributed by atoms with E-state index in [1.54, 1.807) is 0 Å². The second-order valence-electron chi connectivity index (χ2n) is 5.29. The molecule has 0 aromatic rings. The maximum atomic E-state index is 11.5. The number of esters is 1. The average Bonchev–Trinajstić information content (AvgIpc) is 2.95. The highest BCUT2D eigenvalue weighted by molar-refractivity contribution is 5.72. The molecule has 2 fully saturated rings. The second-order valence-corrected chi connectivity index (χ2v) is 5.29. The van der Waals surface area contributed by atoms with Gasteiger partial charge < -0.3 is 10.1 Å². The minimum atomic E-state index is 0.0146. The van der Waals surface area contributed by atoms with E-state index in [1.165, 1.54) is 6.42 Å². The summed E-state index contributed by atoms with van der Waals surface area (Å²) in [7, 11) is 0. The molecule has 0 aromatic carbocycles. The van der Waals surface area contributed by atoms with Crippen molar-refractivity contribution in [2.24, 2.45) is 11.8 Å². The summed E-state index contributed by atoms with van der Waals surface area (Å²) in [5.41, 5.74) is 0. The van der Waals surface area contributed by atoms with Crippen LogP contribution in [0.5, 0.6) is 0 Å². The number of hydrogen-bond donors (Lipinski definition) is 1. The first-order valence-corrected chi connectivity index (χ1v) is 6.63. The van der Waals surface area contributed by atoms with Gasteiger partial charge in [0.25, 0.3) is 0 Å². The molecule has 0 aromatic heterocycles. The van der Waals surface area contributed by atoms with Gasteiger partial charge in [0.1, 0.15) is 0 Å². The number of ether oxygens (including phenoxy) is 1. The first-order chi connectivity index (χ1) is 7.70. The maximum absolute atomic E-state index is 11.5. The summed E-state index contributed by atoms with van der Waals surface area (Å²) in [6, 6.07) is 1.39. The third-order valence-corrected chi connectivity index (χ3v) is 3.91. The van der Waals surface area contributed by atoms with Crippen molar-refractivity contribution < 1.29 is 9.53 Å². The van der Waals surface area contributed by atoms with Crippen LogP contribution in [0.4, 0.5) is 0 Å². The van der Waals surface area contributed by atoms with Crippen LogP contribution in [-0.4, -0.2) is 24.7 Å². The quantitative estimate of drug-likeness (QED) is 0.745. The van der Waals surface area contributed by atoms with Gasteiger partial charge in [-0.15, -0.1) is 0 Å². The summed E-state index contributed by atoms with van der Waals surface area (Å²) >= 11 is 0. The van der Waals surface area contributed by atoms with E-state index in [4.69, 9.17) is 4.74 Å². The lowest BCUT2D eigenvalue weighted by molar-refractivity contribution is -0.149. The highest BCUT2D eigenvalue weighted by Gasteiger charge is 2.35. The number of hydrogen-bond acceptors (Lipinski definition) is 3. The summed E-state index contributed by atoms with van der Waals surface area (Å²) in [5, 5.41) is 3.68. The molecule has 1 N–H and O–H groups in total. The van der Waals surface area contributed by atoms with Crippen LogP contribution in [0.2, 0.25) is 0 Å². The largest absolute Gasteiger partial charge is 0.466 e. The molecule has 2 aliphatic rings. The molecule has 2 aliphatic carbocycles. The van der Waals surface area contributed by atoms with Crippen molar-refractivity contribution in [3.63, 3.8) is 0 Å². The molecular weight excluding hydrogens is 202 g/mol. The molecular formula is C13H23NO2. The second kappa shape index (κ2) is 5.17. The first-order valence-electron chi connectivity index (χ1n) is 6.63. The Labute approximate surface area is 97.9 Å². The number of carbonyl (C=O) groups is 1. The molecule has 3 heteroatoms. The molecule has 0 spiro atoms. The Bertz CT molecular complexity index is 246. The highest BCUT2D eigenvalue weighted by Crippen LogP contribution is 2.32. The van der Waals surface area contributed by atoms with Crippen LogP contribution in [-0.2, 0) is 9.53 Å². The molecule has 3 nitrogen and oxygen atoms in total. The molecule has 0 radical (unpaired) electrons. The minimum absolute atomic E-state index is 0.0146. The molecule has 0 saturated heterocycles. The monoisotopic (exact) mass is 225 g/mol. The van der Waals surface area contributed by atoms with Crippen molar-refractivity contribution in [3.8, 4) is 0 Å². The van der Waals surface area contributed by atoms with Gasteiger partial charge in [-0.05, 0) is 44.9 Å². The van der Waals surface area contributed by atoms with E-state index in [2.05, 4.69) is 12.2 Å². The van der Waals surface area contributed by atoms with Gasteiger partial charge in [0, 0.05) is 12.1 Å². The Kier molecular flexibility index (Phi) is 3.85. The number of nitrogens with one attached hydrogen (secondary N) is 1. The fraction of sp³-hybridized carbons (Fsp3) is 0.923. The molecule has 2 unspecified atom stereocenters. The zero-order valence-corrected chi connectivity index (χ0v) is 10.4. The van der Waals surface area contributed by atoms with Crippen LogP contribution in [0.15, 0.2) is 0 Å². The lowest BCUT2D eigenvalue weighted by Crippen LogP contribution is -2.37. The Morgan fingerprint density at radius 2 is 1.94 bits per heavy atom. The molecule has 2 atom stereocenters. The average molecular weight is 225 g/mol. The lowest BCUT2D eigenvalue weighted by Gasteiger charge is -2.28. The molecule has 0 amide bonds. The predicted octanol–water partition coefficient (Wildman–Crippen LogP) is 2.11. The van der Waals surface area contributed by atoms with Crippen molar-refractivity contribution in [2.45, 2.75) is 58.0 Å². The Hall–Kier alpha value is -0.570. The SMILES string of the molecule is CCOC(=O)C1CCC(NC2CC2C)CC1. The van der Waals surface area contributed by atoms with E-state index in [0.717, 1.165) is 37.6 Å². The van der Waals surface area contributed by atoms with E-state index in [9.17, 15) is 4.79 Å². The molecule has 92 valence electrons. The molecule has 16 heavy (non-hydrogen) atoms. The van der Waals surface area contributed by atoms with E-state index in [1.807, 2.05) is 6.92 Å². The molecule has 0 bridgehead atoms. The maximum Gasteiger partial charge on any atom is 0.308 e.